The third kappa shape index (κ3) is 10.3. The van der Waals surface area contributed by atoms with E-state index in [2.05, 4.69) is 32.9 Å². The molecule has 1 nitrogen and oxygen atoms in total. The molecule has 1 aliphatic carbocycles. The molecule has 0 spiro atoms. The fourth-order valence-electron chi connectivity index (χ4n) is 1.31. The Bertz CT molecular complexity index is 385. The predicted octanol–water partition coefficient (Wildman–Crippen LogP) is 4.84. The molecule has 2 rings (SSSR count). The summed E-state index contributed by atoms with van der Waals surface area (Å²) in [6.07, 6.45) is 10.0. The second-order valence-corrected chi connectivity index (χ2v) is 4.80. The van der Waals surface area contributed by atoms with Gasteiger partial charge >= 0.3 is 0 Å². The summed E-state index contributed by atoms with van der Waals surface area (Å²) in [4.78, 5) is 0. The third-order valence-corrected chi connectivity index (χ3v) is 2.30. The molecular weight excluding hydrogens is 315 g/mol. The van der Waals surface area contributed by atoms with E-state index in [1.807, 2.05) is 24.3 Å². The molecule has 0 aromatic heterocycles. The van der Waals surface area contributed by atoms with Gasteiger partial charge in [0.25, 0.3) is 0 Å². The van der Waals surface area contributed by atoms with Crippen molar-refractivity contribution in [2.75, 3.05) is 0 Å². The van der Waals surface area contributed by atoms with Gasteiger partial charge in [-0.15, -0.1) is 31.2 Å². The third-order valence-electron chi connectivity index (χ3n) is 2.30. The summed E-state index contributed by atoms with van der Waals surface area (Å²) in [6.45, 7) is 6.38. The Kier molecular flexibility index (Phi) is 14.6. The zero-order valence-corrected chi connectivity index (χ0v) is 14.7. The Balaban J connectivity index is -0.000000277. The summed E-state index contributed by atoms with van der Waals surface area (Å²) < 4.78 is 0. The number of aromatic hydroxyl groups is 1. The fraction of sp³-hybridized carbons (Fsp3) is 0.333. The number of hydrogen-bond donors (Lipinski definition) is 1. The van der Waals surface area contributed by atoms with Crippen LogP contribution in [0.15, 0.2) is 42.5 Å². The van der Waals surface area contributed by atoms with Crippen molar-refractivity contribution in [2.45, 2.75) is 32.6 Å². The first kappa shape index (κ1) is 23.9. The van der Waals surface area contributed by atoms with E-state index in [9.17, 15) is 5.11 Å². The Morgan fingerprint density at radius 3 is 2.05 bits per heavy atom. The van der Waals surface area contributed by atoms with Crippen LogP contribution in [0, 0.1) is 6.08 Å². The largest absolute Gasteiger partial charge is 0.508 e. The van der Waals surface area contributed by atoms with E-state index in [0.717, 1.165) is 12.0 Å². The maximum absolute atomic E-state index is 9.18. The number of allylic oxidation sites excluding steroid dienone is 4. The molecule has 1 aromatic rings. The number of phenols is 1. The van der Waals surface area contributed by atoms with Crippen molar-refractivity contribution in [3.8, 4) is 5.75 Å². The monoisotopic (exact) mass is 335 g/mol. The Morgan fingerprint density at radius 1 is 1.16 bits per heavy atom. The summed E-state index contributed by atoms with van der Waals surface area (Å²) in [7, 11) is 0. The average Bonchev–Trinajstić information content (AvgIpc) is 2.74. The maximum Gasteiger partial charge on any atom is 0.115 e. The van der Waals surface area contributed by atoms with Crippen LogP contribution in [0.25, 0.3) is 0 Å². The molecule has 0 atom stereocenters. The van der Waals surface area contributed by atoms with Gasteiger partial charge in [0.2, 0.25) is 0 Å². The van der Waals surface area contributed by atoms with Crippen molar-refractivity contribution in [3.05, 3.63) is 54.1 Å². The SMILES string of the molecule is CC(C)(C)c1cccc(O)c1.Cl.Cl.[C-]1=CC=CC1.[Ti]. The van der Waals surface area contributed by atoms with Crippen LogP contribution in [-0.4, -0.2) is 5.11 Å². The molecule has 0 heterocycles. The van der Waals surface area contributed by atoms with Crippen LogP contribution in [0.2, 0.25) is 0 Å². The minimum Gasteiger partial charge on any atom is -0.508 e. The van der Waals surface area contributed by atoms with Gasteiger partial charge in [0.15, 0.2) is 0 Å². The molecule has 0 bridgehead atoms. The van der Waals surface area contributed by atoms with E-state index in [1.54, 1.807) is 12.1 Å². The summed E-state index contributed by atoms with van der Waals surface area (Å²) in [5, 5.41) is 9.18. The van der Waals surface area contributed by atoms with E-state index in [0.29, 0.717) is 5.75 Å². The molecule has 0 saturated carbocycles. The van der Waals surface area contributed by atoms with Crippen LogP contribution >= 0.6 is 24.8 Å². The van der Waals surface area contributed by atoms with Crippen LogP contribution in [0.4, 0.5) is 0 Å². The molecule has 4 heteroatoms. The molecule has 106 valence electrons. The molecule has 0 unspecified atom stereocenters. The predicted molar refractivity (Wildman–Crippen MR) is 82.9 cm³/mol. The molecule has 1 aromatic carbocycles. The van der Waals surface area contributed by atoms with Crippen molar-refractivity contribution < 1.29 is 26.8 Å². The minimum atomic E-state index is 0. The Morgan fingerprint density at radius 2 is 1.79 bits per heavy atom. The molecule has 1 aliphatic rings. The van der Waals surface area contributed by atoms with Crippen molar-refractivity contribution in [1.82, 2.24) is 0 Å². The molecule has 0 fully saturated rings. The molecular formula is C15H21Cl2OTi-. The van der Waals surface area contributed by atoms with E-state index in [4.69, 9.17) is 0 Å². The first-order chi connectivity index (χ1) is 7.50. The first-order valence-corrected chi connectivity index (χ1v) is 5.51. The Hall–Kier alpha value is -0.206. The second kappa shape index (κ2) is 11.6. The summed E-state index contributed by atoms with van der Waals surface area (Å²) in [6, 6.07) is 7.39. The van der Waals surface area contributed by atoms with E-state index >= 15 is 0 Å². The Labute approximate surface area is 143 Å². The van der Waals surface area contributed by atoms with Crippen molar-refractivity contribution in [2.24, 2.45) is 0 Å². The summed E-state index contributed by atoms with van der Waals surface area (Å²) in [5.74, 6) is 0.345. The number of benzene rings is 1. The number of phenolic OH excluding ortho intramolecular Hbond substituents is 1. The van der Waals surface area contributed by atoms with Crippen LogP contribution in [0.1, 0.15) is 32.8 Å². The van der Waals surface area contributed by atoms with Gasteiger partial charge in [0, 0.05) is 21.7 Å². The number of halogens is 2. The van der Waals surface area contributed by atoms with Crippen molar-refractivity contribution in [3.63, 3.8) is 0 Å². The maximum atomic E-state index is 9.18. The van der Waals surface area contributed by atoms with Crippen LogP contribution < -0.4 is 0 Å². The fourth-order valence-corrected chi connectivity index (χ4v) is 1.31. The zero-order valence-electron chi connectivity index (χ0n) is 11.5. The topological polar surface area (TPSA) is 20.2 Å². The second-order valence-electron chi connectivity index (χ2n) is 4.80. The zero-order chi connectivity index (χ0) is 12.0. The quantitative estimate of drug-likeness (QED) is 0.531. The molecule has 0 aliphatic heterocycles. The van der Waals surface area contributed by atoms with Crippen molar-refractivity contribution in [1.29, 1.82) is 0 Å². The standard InChI is InChI=1S/C10H14O.C5H5.2ClH.Ti/c1-10(2,3)8-5-4-6-9(11)7-8;1-2-4-5-3-1;;;/h4-7,11H,1-3H3;1-3H,4H2;2*1H;/q;-1;;;. The van der Waals surface area contributed by atoms with Crippen LogP contribution in [-0.2, 0) is 27.1 Å². The van der Waals surface area contributed by atoms with Crippen molar-refractivity contribution >= 4 is 24.8 Å². The van der Waals surface area contributed by atoms with Gasteiger partial charge in [-0.2, -0.15) is 6.08 Å². The van der Waals surface area contributed by atoms with E-state index < -0.39 is 0 Å². The number of hydrogen-bond acceptors (Lipinski definition) is 1. The molecule has 0 amide bonds. The molecule has 0 saturated heterocycles. The first-order valence-electron chi connectivity index (χ1n) is 5.51. The van der Waals surface area contributed by atoms with Crippen LogP contribution in [0.3, 0.4) is 0 Å². The number of rotatable bonds is 0. The van der Waals surface area contributed by atoms with Gasteiger partial charge in [-0.1, -0.05) is 32.9 Å². The van der Waals surface area contributed by atoms with E-state index in [-0.39, 0.29) is 51.9 Å². The minimum absolute atomic E-state index is 0. The molecule has 1 N–H and O–H groups in total. The molecule has 19 heavy (non-hydrogen) atoms. The van der Waals surface area contributed by atoms with Gasteiger partial charge < -0.3 is 5.11 Å². The van der Waals surface area contributed by atoms with Crippen LogP contribution in [0.5, 0.6) is 5.75 Å². The van der Waals surface area contributed by atoms with Gasteiger partial charge in [0.1, 0.15) is 5.75 Å². The smallest absolute Gasteiger partial charge is 0.115 e. The average molecular weight is 336 g/mol. The van der Waals surface area contributed by atoms with E-state index in [1.165, 1.54) is 0 Å². The summed E-state index contributed by atoms with van der Waals surface area (Å²) >= 11 is 0. The normalized spacial score (nSPS) is 11.3. The van der Waals surface area contributed by atoms with Gasteiger partial charge in [0.05, 0.1) is 0 Å². The van der Waals surface area contributed by atoms with Gasteiger partial charge in [-0.3, -0.25) is 6.08 Å². The summed E-state index contributed by atoms with van der Waals surface area (Å²) in [5.41, 5.74) is 1.29. The van der Waals surface area contributed by atoms with Gasteiger partial charge in [-0.05, 0) is 23.1 Å². The molecule has 0 radical (unpaired) electrons. The van der Waals surface area contributed by atoms with Gasteiger partial charge in [-0.25, -0.2) is 12.2 Å².